The molecule has 0 radical (unpaired) electrons. The summed E-state index contributed by atoms with van der Waals surface area (Å²) in [5, 5.41) is 1.92. The van der Waals surface area contributed by atoms with E-state index in [0.29, 0.717) is 10.4 Å². The summed E-state index contributed by atoms with van der Waals surface area (Å²) in [7, 11) is 0. The second-order valence-electron chi connectivity index (χ2n) is 2.91. The highest BCUT2D eigenvalue weighted by atomic mass is 79.9. The van der Waals surface area contributed by atoms with Crippen molar-refractivity contribution in [2.45, 2.75) is 13.0 Å². The molecule has 0 spiro atoms. The molecule has 3 amide bonds. The highest BCUT2D eigenvalue weighted by Gasteiger charge is 2.17. The predicted molar refractivity (Wildman–Crippen MR) is 59.8 cm³/mol. The SMILES string of the molecule is CC(Oc1cccnc1Br)C(=O)NC(N)=O. The summed E-state index contributed by atoms with van der Waals surface area (Å²) in [6.07, 6.45) is 0.735. The van der Waals surface area contributed by atoms with Crippen LogP contribution in [0.1, 0.15) is 6.92 Å². The lowest BCUT2D eigenvalue weighted by atomic mass is 10.3. The Morgan fingerprint density at radius 2 is 2.31 bits per heavy atom. The molecule has 0 aliphatic carbocycles. The maximum absolute atomic E-state index is 11.3. The van der Waals surface area contributed by atoms with E-state index in [0.717, 1.165) is 0 Å². The van der Waals surface area contributed by atoms with Gasteiger partial charge in [-0.3, -0.25) is 10.1 Å². The number of carbonyl (C=O) groups excluding carboxylic acids is 2. The molecule has 1 rings (SSSR count). The molecule has 0 fully saturated rings. The number of nitrogens with one attached hydrogen (secondary N) is 1. The maximum atomic E-state index is 11.3. The van der Waals surface area contributed by atoms with Crippen LogP contribution < -0.4 is 15.8 Å². The Balaban J connectivity index is 2.64. The van der Waals surface area contributed by atoms with E-state index in [2.05, 4.69) is 20.9 Å². The lowest BCUT2D eigenvalue weighted by Gasteiger charge is -2.13. The van der Waals surface area contributed by atoms with Crippen LogP contribution >= 0.6 is 15.9 Å². The fraction of sp³-hybridized carbons (Fsp3) is 0.222. The molecule has 0 aliphatic rings. The van der Waals surface area contributed by atoms with E-state index in [4.69, 9.17) is 10.5 Å². The van der Waals surface area contributed by atoms with Crippen LogP contribution in [0.4, 0.5) is 4.79 Å². The lowest BCUT2D eigenvalue weighted by Crippen LogP contribution is -2.42. The molecule has 7 heteroatoms. The highest BCUT2D eigenvalue weighted by Crippen LogP contribution is 2.22. The van der Waals surface area contributed by atoms with Gasteiger partial charge in [0, 0.05) is 6.20 Å². The summed E-state index contributed by atoms with van der Waals surface area (Å²) in [5.74, 6) is -0.196. The Bertz CT molecular complexity index is 411. The van der Waals surface area contributed by atoms with E-state index in [1.807, 2.05) is 5.32 Å². The zero-order chi connectivity index (χ0) is 12.1. The number of hydrogen-bond acceptors (Lipinski definition) is 4. The molecule has 0 aliphatic heterocycles. The average molecular weight is 288 g/mol. The van der Waals surface area contributed by atoms with Gasteiger partial charge in [0.15, 0.2) is 11.9 Å². The monoisotopic (exact) mass is 287 g/mol. The van der Waals surface area contributed by atoms with Crippen LogP contribution in [0.3, 0.4) is 0 Å². The maximum Gasteiger partial charge on any atom is 0.318 e. The van der Waals surface area contributed by atoms with Crippen molar-refractivity contribution in [3.05, 3.63) is 22.9 Å². The Kier molecular flexibility index (Phi) is 4.24. The van der Waals surface area contributed by atoms with Crippen LogP contribution in [0.25, 0.3) is 0 Å². The molecule has 0 aromatic carbocycles. The predicted octanol–water partition coefficient (Wildman–Crippen LogP) is 0.806. The fourth-order valence-electron chi connectivity index (χ4n) is 0.926. The van der Waals surface area contributed by atoms with Gasteiger partial charge in [-0.25, -0.2) is 9.78 Å². The first-order chi connectivity index (χ1) is 7.50. The number of aromatic nitrogens is 1. The Hall–Kier alpha value is -1.63. The molecule has 0 bridgehead atoms. The zero-order valence-corrected chi connectivity index (χ0v) is 10.0. The molecule has 6 nitrogen and oxygen atoms in total. The molecular formula is C9H10BrN3O3. The topological polar surface area (TPSA) is 94.3 Å². The van der Waals surface area contributed by atoms with E-state index < -0.39 is 18.0 Å². The third-order valence-electron chi connectivity index (χ3n) is 1.64. The van der Waals surface area contributed by atoms with Crippen molar-refractivity contribution < 1.29 is 14.3 Å². The molecule has 1 aromatic rings. The van der Waals surface area contributed by atoms with E-state index in [1.54, 1.807) is 18.3 Å². The van der Waals surface area contributed by atoms with Gasteiger partial charge in [0.25, 0.3) is 5.91 Å². The van der Waals surface area contributed by atoms with E-state index >= 15 is 0 Å². The molecule has 0 saturated heterocycles. The smallest absolute Gasteiger partial charge is 0.318 e. The van der Waals surface area contributed by atoms with Crippen LogP contribution in [0.2, 0.25) is 0 Å². The van der Waals surface area contributed by atoms with Crippen LogP contribution in [-0.4, -0.2) is 23.0 Å². The van der Waals surface area contributed by atoms with Gasteiger partial charge in [-0.2, -0.15) is 0 Å². The summed E-state index contributed by atoms with van der Waals surface area (Å²) in [6.45, 7) is 1.50. The van der Waals surface area contributed by atoms with Crippen molar-refractivity contribution in [3.63, 3.8) is 0 Å². The fourth-order valence-corrected chi connectivity index (χ4v) is 1.27. The van der Waals surface area contributed by atoms with E-state index in [-0.39, 0.29) is 0 Å². The van der Waals surface area contributed by atoms with Crippen molar-refractivity contribution >= 4 is 27.9 Å². The number of halogens is 1. The van der Waals surface area contributed by atoms with Crippen molar-refractivity contribution in [2.75, 3.05) is 0 Å². The number of carbonyl (C=O) groups is 2. The zero-order valence-electron chi connectivity index (χ0n) is 8.44. The van der Waals surface area contributed by atoms with Gasteiger partial charge in [-0.05, 0) is 35.0 Å². The standard InChI is InChI=1S/C9H10BrN3O3/c1-5(8(14)13-9(11)15)16-6-3-2-4-12-7(6)10/h2-5H,1H3,(H3,11,13,14,15). The number of nitrogens with two attached hydrogens (primary N) is 1. The number of pyridine rings is 1. The summed E-state index contributed by atoms with van der Waals surface area (Å²) >= 11 is 3.17. The normalized spacial score (nSPS) is 11.6. The summed E-state index contributed by atoms with van der Waals surface area (Å²) in [4.78, 5) is 25.7. The van der Waals surface area contributed by atoms with Gasteiger partial charge in [-0.1, -0.05) is 0 Å². The molecule has 16 heavy (non-hydrogen) atoms. The first-order valence-electron chi connectivity index (χ1n) is 4.38. The molecular weight excluding hydrogens is 278 g/mol. The third kappa shape index (κ3) is 3.50. The average Bonchev–Trinajstić information content (AvgIpc) is 2.20. The third-order valence-corrected chi connectivity index (χ3v) is 2.24. The number of urea groups is 1. The van der Waals surface area contributed by atoms with Gasteiger partial charge in [-0.15, -0.1) is 0 Å². The van der Waals surface area contributed by atoms with Gasteiger partial charge in [0.05, 0.1) is 0 Å². The number of hydrogen-bond donors (Lipinski definition) is 2. The van der Waals surface area contributed by atoms with Crippen molar-refractivity contribution in [1.29, 1.82) is 0 Å². The van der Waals surface area contributed by atoms with Gasteiger partial charge >= 0.3 is 6.03 Å². The second kappa shape index (κ2) is 5.45. The quantitative estimate of drug-likeness (QED) is 0.804. The van der Waals surface area contributed by atoms with Gasteiger partial charge in [0.1, 0.15) is 4.60 Å². The van der Waals surface area contributed by atoms with Crippen LogP contribution in [-0.2, 0) is 4.79 Å². The van der Waals surface area contributed by atoms with Crippen molar-refractivity contribution in [3.8, 4) is 5.75 Å². The highest BCUT2D eigenvalue weighted by molar-refractivity contribution is 9.10. The first kappa shape index (κ1) is 12.4. The number of rotatable bonds is 3. The lowest BCUT2D eigenvalue weighted by molar-refractivity contribution is -0.126. The van der Waals surface area contributed by atoms with Gasteiger partial charge < -0.3 is 10.5 Å². The van der Waals surface area contributed by atoms with E-state index in [9.17, 15) is 9.59 Å². The van der Waals surface area contributed by atoms with Crippen LogP contribution in [0.5, 0.6) is 5.75 Å². The number of primary amides is 1. The van der Waals surface area contributed by atoms with E-state index in [1.165, 1.54) is 6.92 Å². The Morgan fingerprint density at radius 3 is 2.88 bits per heavy atom. The molecule has 86 valence electrons. The van der Waals surface area contributed by atoms with Crippen LogP contribution in [0.15, 0.2) is 22.9 Å². The minimum absolute atomic E-state index is 0.412. The molecule has 0 saturated carbocycles. The number of ether oxygens (including phenoxy) is 1. The second-order valence-corrected chi connectivity index (χ2v) is 3.66. The molecule has 1 aromatic heterocycles. The Labute approximate surface area is 100 Å². The summed E-state index contributed by atoms with van der Waals surface area (Å²) < 4.78 is 5.76. The van der Waals surface area contributed by atoms with Crippen molar-refractivity contribution in [1.82, 2.24) is 10.3 Å². The minimum atomic E-state index is -0.911. The molecule has 1 unspecified atom stereocenters. The van der Waals surface area contributed by atoms with Gasteiger partial charge in [0.2, 0.25) is 0 Å². The summed E-state index contributed by atoms with van der Waals surface area (Å²) in [6, 6.07) is 2.40. The van der Waals surface area contributed by atoms with Crippen LogP contribution in [0, 0.1) is 0 Å². The minimum Gasteiger partial charge on any atom is -0.478 e. The number of amides is 3. The molecule has 1 heterocycles. The molecule has 3 N–H and O–H groups in total. The Morgan fingerprint density at radius 1 is 1.62 bits per heavy atom. The number of imide groups is 1. The number of nitrogens with zero attached hydrogens (tertiary/aromatic N) is 1. The molecule has 1 atom stereocenters. The summed E-state index contributed by atoms with van der Waals surface area (Å²) in [5.41, 5.74) is 4.81. The first-order valence-corrected chi connectivity index (χ1v) is 5.17. The largest absolute Gasteiger partial charge is 0.478 e. The van der Waals surface area contributed by atoms with Crippen molar-refractivity contribution in [2.24, 2.45) is 5.73 Å².